The van der Waals surface area contributed by atoms with Crippen LogP contribution in [0.25, 0.3) is 0 Å². The molecule has 0 radical (unpaired) electrons. The first-order valence-corrected chi connectivity index (χ1v) is 5.27. The van der Waals surface area contributed by atoms with E-state index in [1.807, 2.05) is 31.2 Å². The molecule has 0 spiro atoms. The van der Waals surface area contributed by atoms with Gasteiger partial charge in [0.1, 0.15) is 0 Å². The molecule has 0 saturated carbocycles. The van der Waals surface area contributed by atoms with E-state index in [0.29, 0.717) is 0 Å². The summed E-state index contributed by atoms with van der Waals surface area (Å²) in [4.78, 5) is 0. The van der Waals surface area contributed by atoms with Gasteiger partial charge < -0.3 is 15.8 Å². The van der Waals surface area contributed by atoms with Gasteiger partial charge in [0.25, 0.3) is 0 Å². The molecular weight excluding hydrogens is 188 g/mol. The fraction of sp³-hybridized carbons (Fsp3) is 0.500. The van der Waals surface area contributed by atoms with Gasteiger partial charge in [0.05, 0.1) is 5.60 Å². The van der Waals surface area contributed by atoms with Crippen LogP contribution < -0.4 is 11.1 Å². The molecule has 84 valence electrons. The molecule has 0 aliphatic rings. The summed E-state index contributed by atoms with van der Waals surface area (Å²) in [6.07, 6.45) is 0. The smallest absolute Gasteiger partial charge is 0.0797 e. The van der Waals surface area contributed by atoms with E-state index < -0.39 is 0 Å². The van der Waals surface area contributed by atoms with Gasteiger partial charge in [-0.3, -0.25) is 0 Å². The Hall–Kier alpha value is -1.22. The second kappa shape index (κ2) is 5.03. The summed E-state index contributed by atoms with van der Waals surface area (Å²) >= 11 is 0. The van der Waals surface area contributed by atoms with Crippen molar-refractivity contribution >= 4 is 11.4 Å². The second-order valence-electron chi connectivity index (χ2n) is 4.17. The number of ether oxygens (including phenoxy) is 1. The topological polar surface area (TPSA) is 47.3 Å². The van der Waals surface area contributed by atoms with Gasteiger partial charge in [0.15, 0.2) is 0 Å². The molecule has 3 N–H and O–H groups in total. The highest BCUT2D eigenvalue weighted by atomic mass is 16.5. The number of hydrogen-bond donors (Lipinski definition) is 2. The van der Waals surface area contributed by atoms with Crippen LogP contribution >= 0.6 is 0 Å². The standard InChI is InChI=1S/C12H20N2O/c1-4-15-12(2,3)9-14-11-7-5-6-10(13)8-11/h5-8,14H,4,9,13H2,1-3H3. The van der Waals surface area contributed by atoms with Crippen LogP contribution in [0.1, 0.15) is 20.8 Å². The van der Waals surface area contributed by atoms with Crippen molar-refractivity contribution < 1.29 is 4.74 Å². The van der Waals surface area contributed by atoms with Crippen molar-refractivity contribution in [1.82, 2.24) is 0 Å². The molecule has 1 aromatic rings. The lowest BCUT2D eigenvalue weighted by atomic mass is 10.1. The second-order valence-corrected chi connectivity index (χ2v) is 4.17. The van der Waals surface area contributed by atoms with E-state index >= 15 is 0 Å². The summed E-state index contributed by atoms with van der Waals surface area (Å²) in [6, 6.07) is 7.73. The maximum Gasteiger partial charge on any atom is 0.0797 e. The van der Waals surface area contributed by atoms with E-state index in [9.17, 15) is 0 Å². The molecule has 0 bridgehead atoms. The normalized spacial score (nSPS) is 11.4. The predicted molar refractivity (Wildman–Crippen MR) is 65.0 cm³/mol. The van der Waals surface area contributed by atoms with Gasteiger partial charge >= 0.3 is 0 Å². The number of nitrogen functional groups attached to an aromatic ring is 1. The summed E-state index contributed by atoms with van der Waals surface area (Å²) < 4.78 is 5.59. The molecule has 0 aromatic heterocycles. The van der Waals surface area contributed by atoms with Crippen LogP contribution in [-0.2, 0) is 4.74 Å². The zero-order valence-electron chi connectivity index (χ0n) is 9.71. The molecule has 15 heavy (non-hydrogen) atoms. The minimum atomic E-state index is -0.153. The Kier molecular flexibility index (Phi) is 3.97. The van der Waals surface area contributed by atoms with Crippen molar-refractivity contribution in [3.05, 3.63) is 24.3 Å². The molecule has 0 saturated heterocycles. The molecule has 3 nitrogen and oxygen atoms in total. The number of benzene rings is 1. The molecule has 3 heteroatoms. The van der Waals surface area contributed by atoms with E-state index in [-0.39, 0.29) is 5.60 Å². The van der Waals surface area contributed by atoms with Crippen LogP contribution in [0.15, 0.2) is 24.3 Å². The third-order valence-corrected chi connectivity index (χ3v) is 2.14. The maximum absolute atomic E-state index is 5.69. The summed E-state index contributed by atoms with van der Waals surface area (Å²) in [5.41, 5.74) is 7.33. The van der Waals surface area contributed by atoms with Gasteiger partial charge in [-0.1, -0.05) is 6.07 Å². The van der Waals surface area contributed by atoms with Gasteiger partial charge in [0.2, 0.25) is 0 Å². The molecule has 0 aliphatic carbocycles. The molecule has 1 rings (SSSR count). The van der Waals surface area contributed by atoms with Crippen molar-refractivity contribution in [1.29, 1.82) is 0 Å². The number of nitrogens with two attached hydrogens (primary N) is 1. The van der Waals surface area contributed by atoms with Crippen molar-refractivity contribution in [2.45, 2.75) is 26.4 Å². The van der Waals surface area contributed by atoms with Crippen LogP contribution in [0.2, 0.25) is 0 Å². The molecule has 0 atom stereocenters. The van der Waals surface area contributed by atoms with Crippen LogP contribution in [0.5, 0.6) is 0 Å². The minimum Gasteiger partial charge on any atom is -0.399 e. The summed E-state index contributed by atoms with van der Waals surface area (Å²) in [7, 11) is 0. The molecular formula is C12H20N2O. The molecule has 0 fully saturated rings. The third kappa shape index (κ3) is 4.21. The van der Waals surface area contributed by atoms with Crippen LogP contribution in [0.4, 0.5) is 11.4 Å². The number of nitrogens with one attached hydrogen (secondary N) is 1. The number of hydrogen-bond acceptors (Lipinski definition) is 3. The van der Waals surface area contributed by atoms with E-state index in [1.54, 1.807) is 0 Å². The molecule has 0 unspecified atom stereocenters. The Morgan fingerprint density at radius 2 is 2.13 bits per heavy atom. The van der Waals surface area contributed by atoms with Crippen molar-refractivity contribution in [3.8, 4) is 0 Å². The van der Waals surface area contributed by atoms with Gasteiger partial charge in [-0.15, -0.1) is 0 Å². The summed E-state index contributed by atoms with van der Waals surface area (Å²) in [5, 5.41) is 3.31. The van der Waals surface area contributed by atoms with E-state index in [2.05, 4.69) is 19.2 Å². The fourth-order valence-corrected chi connectivity index (χ4v) is 1.41. The van der Waals surface area contributed by atoms with Crippen LogP contribution in [0, 0.1) is 0 Å². The largest absolute Gasteiger partial charge is 0.399 e. The first-order chi connectivity index (χ1) is 7.03. The Labute approximate surface area is 91.6 Å². The Morgan fingerprint density at radius 1 is 1.40 bits per heavy atom. The van der Waals surface area contributed by atoms with E-state index in [1.165, 1.54) is 0 Å². The molecule has 0 heterocycles. The average Bonchev–Trinajstić information content (AvgIpc) is 2.15. The third-order valence-electron chi connectivity index (χ3n) is 2.14. The zero-order chi connectivity index (χ0) is 11.3. The average molecular weight is 208 g/mol. The number of rotatable bonds is 5. The Balaban J connectivity index is 2.49. The first kappa shape index (κ1) is 11.9. The minimum absolute atomic E-state index is 0.153. The zero-order valence-corrected chi connectivity index (χ0v) is 9.71. The van der Waals surface area contributed by atoms with Gasteiger partial charge in [-0.05, 0) is 39.0 Å². The number of anilines is 2. The highest BCUT2D eigenvalue weighted by Crippen LogP contribution is 2.15. The van der Waals surface area contributed by atoms with Crippen LogP contribution in [-0.4, -0.2) is 18.8 Å². The van der Waals surface area contributed by atoms with Crippen molar-refractivity contribution in [2.24, 2.45) is 0 Å². The lowest BCUT2D eigenvalue weighted by Crippen LogP contribution is -2.33. The van der Waals surface area contributed by atoms with Crippen molar-refractivity contribution in [3.63, 3.8) is 0 Å². The lowest BCUT2D eigenvalue weighted by Gasteiger charge is -2.25. The van der Waals surface area contributed by atoms with Crippen LogP contribution in [0.3, 0.4) is 0 Å². The van der Waals surface area contributed by atoms with Crippen molar-refractivity contribution in [2.75, 3.05) is 24.2 Å². The highest BCUT2D eigenvalue weighted by molar-refractivity contribution is 5.54. The lowest BCUT2D eigenvalue weighted by molar-refractivity contribution is 0.000699. The monoisotopic (exact) mass is 208 g/mol. The van der Waals surface area contributed by atoms with E-state index in [0.717, 1.165) is 24.5 Å². The van der Waals surface area contributed by atoms with Gasteiger partial charge in [-0.25, -0.2) is 0 Å². The fourth-order valence-electron chi connectivity index (χ4n) is 1.41. The van der Waals surface area contributed by atoms with Gasteiger partial charge in [0, 0.05) is 24.5 Å². The molecule has 0 amide bonds. The Morgan fingerprint density at radius 3 is 2.73 bits per heavy atom. The quantitative estimate of drug-likeness (QED) is 0.731. The molecule has 0 aliphatic heterocycles. The summed E-state index contributed by atoms with van der Waals surface area (Å²) in [5.74, 6) is 0. The maximum atomic E-state index is 5.69. The summed E-state index contributed by atoms with van der Waals surface area (Å²) in [6.45, 7) is 7.63. The van der Waals surface area contributed by atoms with Gasteiger partial charge in [-0.2, -0.15) is 0 Å². The molecule has 1 aromatic carbocycles. The predicted octanol–water partition coefficient (Wildman–Crippen LogP) is 2.50. The highest BCUT2D eigenvalue weighted by Gasteiger charge is 2.16. The Bertz CT molecular complexity index is 310. The SMILES string of the molecule is CCOC(C)(C)CNc1cccc(N)c1. The first-order valence-electron chi connectivity index (χ1n) is 5.27. The van der Waals surface area contributed by atoms with E-state index in [4.69, 9.17) is 10.5 Å².